The Balaban J connectivity index is 2.23. The first-order valence-corrected chi connectivity index (χ1v) is 7.92. The zero-order valence-corrected chi connectivity index (χ0v) is 11.6. The van der Waals surface area contributed by atoms with Crippen LogP contribution in [0.1, 0.15) is 19.0 Å². The molecule has 0 aliphatic carbocycles. The van der Waals surface area contributed by atoms with Gasteiger partial charge in [-0.05, 0) is 19.4 Å². The van der Waals surface area contributed by atoms with Crippen molar-refractivity contribution >= 4 is 10.0 Å². The lowest BCUT2D eigenvalue weighted by Crippen LogP contribution is -2.41. The zero-order valence-electron chi connectivity index (χ0n) is 10.7. The Morgan fingerprint density at radius 3 is 3.00 bits per heavy atom. The predicted octanol–water partition coefficient (Wildman–Crippen LogP) is 0.454. The Morgan fingerprint density at radius 2 is 2.33 bits per heavy atom. The molecule has 18 heavy (non-hydrogen) atoms. The highest BCUT2D eigenvalue weighted by Crippen LogP contribution is 2.20. The maximum atomic E-state index is 11.9. The molecule has 1 aliphatic rings. The number of hydrogen-bond acceptors (Lipinski definition) is 4. The summed E-state index contributed by atoms with van der Waals surface area (Å²) in [4.78, 5) is 0. The molecule has 102 valence electrons. The molecule has 7 heteroatoms. The summed E-state index contributed by atoms with van der Waals surface area (Å²) in [7, 11) is -3.24. The first-order valence-electron chi connectivity index (χ1n) is 6.07. The van der Waals surface area contributed by atoms with Gasteiger partial charge in [0.15, 0.2) is 0 Å². The number of hydrogen-bond donors (Lipinski definition) is 0. The Hall–Kier alpha value is -0.920. The van der Waals surface area contributed by atoms with Crippen molar-refractivity contribution < 1.29 is 13.2 Å². The average molecular weight is 273 g/mol. The van der Waals surface area contributed by atoms with Crippen LogP contribution in [0.5, 0.6) is 0 Å². The molecule has 0 spiro atoms. The Labute approximate surface area is 108 Å². The summed E-state index contributed by atoms with van der Waals surface area (Å²) in [5.74, 6) is 0. The lowest BCUT2D eigenvalue weighted by Gasteiger charge is -2.26. The van der Waals surface area contributed by atoms with Crippen LogP contribution in [0.25, 0.3) is 0 Å². The van der Waals surface area contributed by atoms with E-state index in [4.69, 9.17) is 4.74 Å². The van der Waals surface area contributed by atoms with Gasteiger partial charge in [0.25, 0.3) is 0 Å². The summed E-state index contributed by atoms with van der Waals surface area (Å²) in [5, 5.41) is 4.20. The molecular weight excluding hydrogens is 254 g/mol. The van der Waals surface area contributed by atoms with Gasteiger partial charge in [0.05, 0.1) is 31.1 Å². The van der Waals surface area contributed by atoms with E-state index < -0.39 is 10.0 Å². The predicted molar refractivity (Wildman–Crippen MR) is 67.5 cm³/mol. The molecule has 0 bridgehead atoms. The molecule has 1 aliphatic heterocycles. The quantitative estimate of drug-likeness (QED) is 0.799. The van der Waals surface area contributed by atoms with Gasteiger partial charge in [-0.3, -0.25) is 4.68 Å². The van der Waals surface area contributed by atoms with Crippen LogP contribution in [0.2, 0.25) is 0 Å². The van der Waals surface area contributed by atoms with Crippen LogP contribution in [-0.4, -0.2) is 48.0 Å². The topological polar surface area (TPSA) is 64.4 Å². The van der Waals surface area contributed by atoms with Crippen LogP contribution < -0.4 is 0 Å². The smallest absolute Gasteiger partial charge is 0.211 e. The zero-order chi connectivity index (χ0) is 13.2. The van der Waals surface area contributed by atoms with Gasteiger partial charge < -0.3 is 4.74 Å². The fraction of sp³-hybridized carbons (Fsp3) is 0.727. The molecule has 1 atom stereocenters. The van der Waals surface area contributed by atoms with Gasteiger partial charge >= 0.3 is 0 Å². The number of aromatic nitrogens is 2. The van der Waals surface area contributed by atoms with E-state index in [1.165, 1.54) is 10.6 Å². The molecule has 0 N–H and O–H groups in total. The number of ether oxygens (including phenoxy) is 1. The van der Waals surface area contributed by atoms with Crippen molar-refractivity contribution in [2.75, 3.05) is 19.5 Å². The molecule has 0 radical (unpaired) electrons. The molecule has 0 unspecified atom stereocenters. The molecule has 0 saturated carbocycles. The maximum Gasteiger partial charge on any atom is 0.211 e. The van der Waals surface area contributed by atoms with Gasteiger partial charge in [-0.2, -0.15) is 9.40 Å². The number of aryl methyl sites for hydroxylation is 1. The Bertz CT molecular complexity index is 497. The van der Waals surface area contributed by atoms with Crippen molar-refractivity contribution in [1.82, 2.24) is 14.1 Å². The van der Waals surface area contributed by atoms with Gasteiger partial charge in [0.2, 0.25) is 10.0 Å². The van der Waals surface area contributed by atoms with Gasteiger partial charge in [0.1, 0.15) is 0 Å². The van der Waals surface area contributed by atoms with Crippen molar-refractivity contribution in [3.63, 3.8) is 0 Å². The minimum absolute atomic E-state index is 0.110. The van der Waals surface area contributed by atoms with E-state index in [2.05, 4.69) is 5.10 Å². The highest BCUT2D eigenvalue weighted by atomic mass is 32.2. The molecule has 6 nitrogen and oxygen atoms in total. The summed E-state index contributed by atoms with van der Waals surface area (Å²) in [6, 6.07) is 1.75. The van der Waals surface area contributed by atoms with Gasteiger partial charge in [-0.15, -0.1) is 0 Å². The molecule has 0 saturated heterocycles. The fourth-order valence-corrected chi connectivity index (χ4v) is 3.28. The summed E-state index contributed by atoms with van der Waals surface area (Å²) >= 11 is 0. The third kappa shape index (κ3) is 2.90. The molecule has 2 rings (SSSR count). The van der Waals surface area contributed by atoms with E-state index in [-0.39, 0.29) is 6.04 Å². The summed E-state index contributed by atoms with van der Waals surface area (Å²) in [6.07, 6.45) is 3.68. The first kappa shape index (κ1) is 13.5. The molecule has 0 amide bonds. The van der Waals surface area contributed by atoms with E-state index in [9.17, 15) is 8.42 Å². The highest BCUT2D eigenvalue weighted by molar-refractivity contribution is 7.88. The number of sulfonamides is 1. The molecule has 0 aromatic carbocycles. The Kier molecular flexibility index (Phi) is 4.04. The van der Waals surface area contributed by atoms with Crippen molar-refractivity contribution in [2.45, 2.75) is 32.5 Å². The summed E-state index contributed by atoms with van der Waals surface area (Å²) in [6.45, 7) is 4.04. The van der Waals surface area contributed by atoms with Crippen LogP contribution in [-0.2, 0) is 27.8 Å². The van der Waals surface area contributed by atoms with Crippen molar-refractivity contribution in [3.05, 3.63) is 18.0 Å². The van der Waals surface area contributed by atoms with Gasteiger partial charge in [0, 0.05) is 19.3 Å². The average Bonchev–Trinajstić information content (AvgIpc) is 2.66. The van der Waals surface area contributed by atoms with E-state index in [0.29, 0.717) is 19.8 Å². The molecular formula is C11H19N3O3S. The molecule has 2 heterocycles. The minimum Gasteiger partial charge on any atom is -0.380 e. The second-order valence-corrected chi connectivity index (χ2v) is 6.39. The van der Waals surface area contributed by atoms with Crippen LogP contribution in [0.3, 0.4) is 0 Å². The Morgan fingerprint density at radius 1 is 1.56 bits per heavy atom. The summed E-state index contributed by atoms with van der Waals surface area (Å²) in [5.41, 5.74) is 0.930. The van der Waals surface area contributed by atoms with Crippen molar-refractivity contribution in [1.29, 1.82) is 0 Å². The lowest BCUT2D eigenvalue weighted by atomic mass is 10.2. The SMILES string of the molecule is CCOC[C@@H]1CCn2nccc2CN1S(C)(=O)=O. The van der Waals surface area contributed by atoms with E-state index >= 15 is 0 Å². The lowest BCUT2D eigenvalue weighted by molar-refractivity contribution is 0.0935. The monoisotopic (exact) mass is 273 g/mol. The number of nitrogens with zero attached hydrogens (tertiary/aromatic N) is 3. The number of rotatable bonds is 4. The third-order valence-corrected chi connectivity index (χ3v) is 4.42. The second kappa shape index (κ2) is 5.38. The van der Waals surface area contributed by atoms with Crippen LogP contribution in [0.15, 0.2) is 12.3 Å². The molecule has 1 aromatic rings. The van der Waals surface area contributed by atoms with E-state index in [0.717, 1.165) is 18.7 Å². The van der Waals surface area contributed by atoms with Crippen molar-refractivity contribution in [3.8, 4) is 0 Å². The van der Waals surface area contributed by atoms with Gasteiger partial charge in [-0.25, -0.2) is 8.42 Å². The minimum atomic E-state index is -3.24. The standard InChI is InChI=1S/C11H19N3O3S/c1-3-17-9-11-5-7-13-10(4-6-12-13)8-14(11)18(2,15)16/h4,6,11H,3,5,7-9H2,1-2H3/t11-/m0/s1. The van der Waals surface area contributed by atoms with Crippen LogP contribution >= 0.6 is 0 Å². The third-order valence-electron chi connectivity index (χ3n) is 3.14. The maximum absolute atomic E-state index is 11.9. The first-order chi connectivity index (χ1) is 8.52. The van der Waals surface area contributed by atoms with Crippen LogP contribution in [0, 0.1) is 0 Å². The summed E-state index contributed by atoms with van der Waals surface area (Å²) < 4.78 is 32.5. The second-order valence-electron chi connectivity index (χ2n) is 4.46. The van der Waals surface area contributed by atoms with E-state index in [1.807, 2.05) is 17.7 Å². The largest absolute Gasteiger partial charge is 0.380 e. The highest BCUT2D eigenvalue weighted by Gasteiger charge is 2.30. The van der Waals surface area contributed by atoms with Gasteiger partial charge in [-0.1, -0.05) is 0 Å². The van der Waals surface area contributed by atoms with E-state index in [1.54, 1.807) is 6.20 Å². The normalized spacial score (nSPS) is 21.6. The number of fused-ring (bicyclic) bond motifs is 1. The fourth-order valence-electron chi connectivity index (χ4n) is 2.21. The van der Waals surface area contributed by atoms with Crippen molar-refractivity contribution in [2.24, 2.45) is 0 Å². The molecule has 1 aromatic heterocycles. The van der Waals surface area contributed by atoms with Crippen LogP contribution in [0.4, 0.5) is 0 Å². The molecule has 0 fully saturated rings.